The van der Waals surface area contributed by atoms with E-state index in [-0.39, 0.29) is 17.6 Å². The van der Waals surface area contributed by atoms with E-state index in [4.69, 9.17) is 11.6 Å². The molecule has 2 N–H and O–H groups in total. The van der Waals surface area contributed by atoms with Gasteiger partial charge in [0.2, 0.25) is 5.91 Å². The highest BCUT2D eigenvalue weighted by atomic mass is 35.5. The Morgan fingerprint density at radius 2 is 1.88 bits per heavy atom. The highest BCUT2D eigenvalue weighted by molar-refractivity contribution is 6.31. The first-order chi connectivity index (χ1) is 11.6. The van der Waals surface area contributed by atoms with E-state index < -0.39 is 6.04 Å². The Kier molecular flexibility index (Phi) is 5.17. The van der Waals surface area contributed by atoms with E-state index in [1.54, 1.807) is 18.2 Å². The second-order valence-electron chi connectivity index (χ2n) is 6.22. The maximum atomic E-state index is 13.3. The third-order valence-electron chi connectivity index (χ3n) is 4.64. The number of carbonyl (C=O) groups is 1. The smallest absolute Gasteiger partial charge is 0.223 e. The average molecular weight is 347 g/mol. The van der Waals surface area contributed by atoms with E-state index in [1.165, 1.54) is 12.1 Å². The largest absolute Gasteiger partial charge is 0.345 e. The summed E-state index contributed by atoms with van der Waals surface area (Å²) in [6.07, 6.45) is 0. The van der Waals surface area contributed by atoms with E-state index >= 15 is 0 Å². The molecule has 2 aromatic rings. The van der Waals surface area contributed by atoms with Crippen molar-refractivity contribution in [1.29, 1.82) is 0 Å². The third kappa shape index (κ3) is 3.60. The Morgan fingerprint density at radius 1 is 1.21 bits per heavy atom. The Morgan fingerprint density at radius 3 is 2.46 bits per heavy atom. The molecule has 3 rings (SSSR count). The predicted octanol–water partition coefficient (Wildman–Crippen LogP) is 3.54. The fraction of sp³-hybridized carbons (Fsp3) is 0.316. The molecule has 126 valence electrons. The molecule has 0 radical (unpaired) electrons. The molecule has 3 nitrogen and oxygen atoms in total. The van der Waals surface area contributed by atoms with Crippen LogP contribution in [0.25, 0.3) is 0 Å². The highest BCUT2D eigenvalue weighted by Gasteiger charge is 2.30. The van der Waals surface area contributed by atoms with Crippen molar-refractivity contribution in [3.63, 3.8) is 0 Å². The first-order valence-electron chi connectivity index (χ1n) is 8.07. The molecule has 5 heteroatoms. The van der Waals surface area contributed by atoms with Crippen LogP contribution in [0.15, 0.2) is 48.5 Å². The van der Waals surface area contributed by atoms with Crippen LogP contribution in [-0.4, -0.2) is 19.0 Å². The van der Waals surface area contributed by atoms with Gasteiger partial charge in [0.15, 0.2) is 0 Å². The minimum Gasteiger partial charge on any atom is -0.345 e. The van der Waals surface area contributed by atoms with Gasteiger partial charge >= 0.3 is 0 Å². The monoisotopic (exact) mass is 346 g/mol. The van der Waals surface area contributed by atoms with Gasteiger partial charge in [-0.15, -0.1) is 0 Å². The summed E-state index contributed by atoms with van der Waals surface area (Å²) in [7, 11) is 0. The summed E-state index contributed by atoms with van der Waals surface area (Å²) in [6, 6.07) is 13.1. The minimum atomic E-state index is -0.401. The molecule has 2 aromatic carbocycles. The van der Waals surface area contributed by atoms with Gasteiger partial charge in [-0.25, -0.2) is 4.39 Å². The van der Waals surface area contributed by atoms with E-state index in [1.807, 2.05) is 25.1 Å². The van der Waals surface area contributed by atoms with Crippen LogP contribution in [-0.2, 0) is 4.79 Å². The normalized spacial score (nSPS) is 17.0. The summed E-state index contributed by atoms with van der Waals surface area (Å²) < 4.78 is 13.3. The second kappa shape index (κ2) is 7.32. The maximum absolute atomic E-state index is 13.3. The molecule has 1 heterocycles. The molecule has 1 fully saturated rings. The number of hydrogen-bond donors (Lipinski definition) is 2. The van der Waals surface area contributed by atoms with E-state index in [9.17, 15) is 9.18 Å². The van der Waals surface area contributed by atoms with Gasteiger partial charge in [0.25, 0.3) is 0 Å². The molecule has 2 atom stereocenters. The Bertz CT molecular complexity index is 716. The van der Waals surface area contributed by atoms with Crippen LogP contribution in [0.4, 0.5) is 4.39 Å². The SMILES string of the molecule is CC(C(=O)NC(c1ccc(F)cc1)c1ccccc1Cl)C1CNC1. The van der Waals surface area contributed by atoms with Gasteiger partial charge in [-0.3, -0.25) is 4.79 Å². The van der Waals surface area contributed by atoms with Crippen LogP contribution in [0.2, 0.25) is 5.02 Å². The van der Waals surface area contributed by atoms with Gasteiger partial charge in [-0.2, -0.15) is 0 Å². The number of nitrogens with one attached hydrogen (secondary N) is 2. The van der Waals surface area contributed by atoms with Gasteiger partial charge in [0.05, 0.1) is 6.04 Å². The first kappa shape index (κ1) is 16.9. The molecule has 2 unspecified atom stereocenters. The van der Waals surface area contributed by atoms with E-state index in [0.717, 1.165) is 24.2 Å². The number of hydrogen-bond acceptors (Lipinski definition) is 2. The highest BCUT2D eigenvalue weighted by Crippen LogP contribution is 2.29. The zero-order chi connectivity index (χ0) is 17.1. The molecule has 1 saturated heterocycles. The fourth-order valence-electron chi connectivity index (χ4n) is 2.86. The summed E-state index contributed by atoms with van der Waals surface area (Å²) in [6.45, 7) is 3.67. The summed E-state index contributed by atoms with van der Waals surface area (Å²) in [5, 5.41) is 6.85. The molecule has 1 aliphatic rings. The first-order valence-corrected chi connectivity index (χ1v) is 8.45. The molecule has 0 aliphatic carbocycles. The lowest BCUT2D eigenvalue weighted by Gasteiger charge is -2.33. The maximum Gasteiger partial charge on any atom is 0.223 e. The van der Waals surface area contributed by atoms with Gasteiger partial charge < -0.3 is 10.6 Å². The zero-order valence-corrected chi connectivity index (χ0v) is 14.2. The van der Waals surface area contributed by atoms with Crippen LogP contribution in [0.1, 0.15) is 24.1 Å². The van der Waals surface area contributed by atoms with Crippen molar-refractivity contribution in [2.45, 2.75) is 13.0 Å². The Hall–Kier alpha value is -1.91. The number of rotatable bonds is 5. The van der Waals surface area contributed by atoms with Gasteiger partial charge in [0, 0.05) is 10.9 Å². The Balaban J connectivity index is 1.88. The molecule has 0 saturated carbocycles. The second-order valence-corrected chi connectivity index (χ2v) is 6.63. The van der Waals surface area contributed by atoms with Crippen molar-refractivity contribution in [2.75, 3.05) is 13.1 Å². The molecule has 0 spiro atoms. The lowest BCUT2D eigenvalue weighted by atomic mass is 9.87. The molecule has 24 heavy (non-hydrogen) atoms. The van der Waals surface area contributed by atoms with Crippen LogP contribution >= 0.6 is 11.6 Å². The van der Waals surface area contributed by atoms with E-state index in [2.05, 4.69) is 10.6 Å². The molecule has 0 bridgehead atoms. The summed E-state index contributed by atoms with van der Waals surface area (Å²) >= 11 is 6.33. The van der Waals surface area contributed by atoms with Crippen molar-refractivity contribution in [3.05, 3.63) is 70.5 Å². The minimum absolute atomic E-state index is 0.0178. The zero-order valence-electron chi connectivity index (χ0n) is 13.4. The lowest BCUT2D eigenvalue weighted by Crippen LogP contribution is -2.50. The van der Waals surface area contributed by atoms with Crippen molar-refractivity contribution in [2.24, 2.45) is 11.8 Å². The third-order valence-corrected chi connectivity index (χ3v) is 4.98. The number of amides is 1. The van der Waals surface area contributed by atoms with Crippen molar-refractivity contribution in [3.8, 4) is 0 Å². The summed E-state index contributed by atoms with van der Waals surface area (Å²) in [5.74, 6) is -0.0607. The number of benzene rings is 2. The van der Waals surface area contributed by atoms with Crippen molar-refractivity contribution < 1.29 is 9.18 Å². The van der Waals surface area contributed by atoms with Gasteiger partial charge in [0.1, 0.15) is 5.82 Å². The van der Waals surface area contributed by atoms with Gasteiger partial charge in [-0.05, 0) is 48.3 Å². The molecular weight excluding hydrogens is 327 g/mol. The molecular formula is C19H20ClFN2O. The van der Waals surface area contributed by atoms with Crippen molar-refractivity contribution >= 4 is 17.5 Å². The Labute approximate surface area is 146 Å². The molecule has 1 aliphatic heterocycles. The fourth-order valence-corrected chi connectivity index (χ4v) is 3.10. The van der Waals surface area contributed by atoms with Gasteiger partial charge in [-0.1, -0.05) is 48.9 Å². The molecule has 1 amide bonds. The van der Waals surface area contributed by atoms with Crippen LogP contribution in [0.5, 0.6) is 0 Å². The lowest BCUT2D eigenvalue weighted by molar-refractivity contribution is -0.127. The topological polar surface area (TPSA) is 41.1 Å². The number of halogens is 2. The van der Waals surface area contributed by atoms with Crippen LogP contribution in [0.3, 0.4) is 0 Å². The quantitative estimate of drug-likeness (QED) is 0.869. The molecule has 0 aromatic heterocycles. The summed E-state index contributed by atoms with van der Waals surface area (Å²) in [4.78, 5) is 12.7. The van der Waals surface area contributed by atoms with E-state index in [0.29, 0.717) is 10.9 Å². The van der Waals surface area contributed by atoms with Crippen LogP contribution in [0, 0.1) is 17.7 Å². The predicted molar refractivity (Wildman–Crippen MR) is 93.4 cm³/mol. The number of carbonyl (C=O) groups excluding carboxylic acids is 1. The summed E-state index contributed by atoms with van der Waals surface area (Å²) in [5.41, 5.74) is 1.61. The van der Waals surface area contributed by atoms with Crippen molar-refractivity contribution in [1.82, 2.24) is 10.6 Å². The standard InChI is InChI=1S/C19H20ClFN2O/c1-12(14-10-22-11-14)19(24)23-18(13-6-8-15(21)9-7-13)16-4-2-3-5-17(16)20/h2-9,12,14,18,22H,10-11H2,1H3,(H,23,24). The average Bonchev–Trinajstić information content (AvgIpc) is 2.52. The van der Waals surface area contributed by atoms with Crippen LogP contribution < -0.4 is 10.6 Å².